The Kier molecular flexibility index (Phi) is 7.90. The Morgan fingerprint density at radius 2 is 2.00 bits per heavy atom. The molecule has 0 aliphatic carbocycles. The highest BCUT2D eigenvalue weighted by molar-refractivity contribution is 14.0. The molecule has 1 aliphatic rings. The second-order valence-electron chi connectivity index (χ2n) is 5.92. The number of aliphatic imine (C=N–C) groups is 1. The summed E-state index contributed by atoms with van der Waals surface area (Å²) in [6, 6.07) is 10.0. The van der Waals surface area contributed by atoms with Crippen LogP contribution in [-0.2, 0) is 13.0 Å². The number of guanidine groups is 1. The van der Waals surface area contributed by atoms with Gasteiger partial charge in [0.05, 0.1) is 6.54 Å². The van der Waals surface area contributed by atoms with Crippen molar-refractivity contribution in [3.63, 3.8) is 0 Å². The van der Waals surface area contributed by atoms with Crippen LogP contribution >= 0.6 is 24.0 Å². The van der Waals surface area contributed by atoms with Gasteiger partial charge in [-0.2, -0.15) is 0 Å². The first-order chi connectivity index (χ1) is 11.8. The topological polar surface area (TPSA) is 79.4 Å². The minimum atomic E-state index is 0. The van der Waals surface area contributed by atoms with Crippen molar-refractivity contribution < 1.29 is 0 Å². The molecular weight excluding hydrogens is 427 g/mol. The van der Waals surface area contributed by atoms with Gasteiger partial charge < -0.3 is 16.0 Å². The lowest BCUT2D eigenvalue weighted by Gasteiger charge is -2.16. The van der Waals surface area contributed by atoms with Crippen molar-refractivity contribution in [2.45, 2.75) is 25.8 Å². The molecule has 1 saturated heterocycles. The zero-order valence-electron chi connectivity index (χ0n) is 14.3. The third-order valence-electron chi connectivity index (χ3n) is 4.09. The van der Waals surface area contributed by atoms with E-state index in [1.165, 1.54) is 12.8 Å². The standard InChI is InChI=1S/C18H24N6.HI/c19-18(22-10-7-16-5-1-2-8-20-16)23-14-15-6-9-21-17(13-15)24-11-3-4-12-24;/h1-2,5-6,8-9,13H,3-4,7,10-12,14H2,(H3,19,22,23);1H. The zero-order chi connectivity index (χ0) is 16.6. The summed E-state index contributed by atoms with van der Waals surface area (Å²) in [4.78, 5) is 15.5. The van der Waals surface area contributed by atoms with Gasteiger partial charge in [0.15, 0.2) is 5.96 Å². The molecule has 0 bridgehead atoms. The maximum absolute atomic E-state index is 5.94. The molecule has 3 heterocycles. The van der Waals surface area contributed by atoms with Gasteiger partial charge in [0, 0.05) is 44.1 Å². The zero-order valence-corrected chi connectivity index (χ0v) is 16.6. The molecule has 7 heteroatoms. The second-order valence-corrected chi connectivity index (χ2v) is 5.92. The fraction of sp³-hybridized carbons (Fsp3) is 0.389. The summed E-state index contributed by atoms with van der Waals surface area (Å²) in [6.07, 6.45) is 6.97. The highest BCUT2D eigenvalue weighted by Crippen LogP contribution is 2.18. The maximum atomic E-state index is 5.94. The maximum Gasteiger partial charge on any atom is 0.188 e. The van der Waals surface area contributed by atoms with E-state index >= 15 is 0 Å². The summed E-state index contributed by atoms with van der Waals surface area (Å²) in [5, 5.41) is 3.13. The van der Waals surface area contributed by atoms with E-state index in [2.05, 4.69) is 31.2 Å². The van der Waals surface area contributed by atoms with Gasteiger partial charge in [-0.3, -0.25) is 4.98 Å². The van der Waals surface area contributed by atoms with Gasteiger partial charge in [0.25, 0.3) is 0 Å². The Morgan fingerprint density at radius 1 is 1.16 bits per heavy atom. The van der Waals surface area contributed by atoms with E-state index in [0.29, 0.717) is 12.5 Å². The van der Waals surface area contributed by atoms with E-state index in [9.17, 15) is 0 Å². The van der Waals surface area contributed by atoms with Gasteiger partial charge in [-0.15, -0.1) is 24.0 Å². The van der Waals surface area contributed by atoms with Gasteiger partial charge in [-0.05, 0) is 42.7 Å². The molecule has 0 unspecified atom stereocenters. The minimum Gasteiger partial charge on any atom is -0.370 e. The van der Waals surface area contributed by atoms with Crippen LogP contribution in [0.1, 0.15) is 24.1 Å². The number of aromatic nitrogens is 2. The third-order valence-corrected chi connectivity index (χ3v) is 4.09. The SMILES string of the molecule is I.NC(=NCc1ccnc(N2CCCC2)c1)NCCc1ccccn1. The summed E-state index contributed by atoms with van der Waals surface area (Å²) in [5.74, 6) is 1.51. The Bertz CT molecular complexity index is 670. The summed E-state index contributed by atoms with van der Waals surface area (Å²) >= 11 is 0. The molecule has 1 aliphatic heterocycles. The Labute approximate surface area is 166 Å². The smallest absolute Gasteiger partial charge is 0.188 e. The molecule has 134 valence electrons. The molecule has 25 heavy (non-hydrogen) atoms. The van der Waals surface area contributed by atoms with Crippen LogP contribution < -0.4 is 16.0 Å². The lowest BCUT2D eigenvalue weighted by atomic mass is 10.2. The number of hydrogen-bond acceptors (Lipinski definition) is 4. The molecule has 0 aromatic carbocycles. The molecule has 2 aromatic rings. The van der Waals surface area contributed by atoms with Crippen LogP contribution in [0.3, 0.4) is 0 Å². The van der Waals surface area contributed by atoms with Crippen LogP contribution in [0, 0.1) is 0 Å². The molecule has 0 atom stereocenters. The van der Waals surface area contributed by atoms with Gasteiger partial charge in [-0.1, -0.05) is 6.07 Å². The highest BCUT2D eigenvalue weighted by atomic mass is 127. The van der Waals surface area contributed by atoms with Gasteiger partial charge in [-0.25, -0.2) is 9.98 Å². The second kappa shape index (κ2) is 10.2. The van der Waals surface area contributed by atoms with Crippen molar-refractivity contribution in [3.05, 3.63) is 54.0 Å². The van der Waals surface area contributed by atoms with Crippen molar-refractivity contribution in [1.82, 2.24) is 15.3 Å². The van der Waals surface area contributed by atoms with E-state index in [0.717, 1.165) is 43.1 Å². The van der Waals surface area contributed by atoms with E-state index in [1.807, 2.05) is 30.5 Å². The number of nitrogens with zero attached hydrogens (tertiary/aromatic N) is 4. The predicted molar refractivity (Wildman–Crippen MR) is 112 cm³/mol. The van der Waals surface area contributed by atoms with E-state index in [1.54, 1.807) is 6.20 Å². The van der Waals surface area contributed by atoms with Gasteiger partial charge >= 0.3 is 0 Å². The molecule has 0 spiro atoms. The van der Waals surface area contributed by atoms with Crippen molar-refractivity contribution in [3.8, 4) is 0 Å². The van der Waals surface area contributed by atoms with E-state index in [-0.39, 0.29) is 24.0 Å². The molecule has 3 rings (SSSR count). The van der Waals surface area contributed by atoms with E-state index < -0.39 is 0 Å². The first-order valence-corrected chi connectivity index (χ1v) is 8.45. The number of pyridine rings is 2. The molecule has 6 nitrogen and oxygen atoms in total. The Balaban J connectivity index is 0.00000225. The van der Waals surface area contributed by atoms with Crippen LogP contribution in [0.5, 0.6) is 0 Å². The highest BCUT2D eigenvalue weighted by Gasteiger charge is 2.13. The number of halogens is 1. The van der Waals surface area contributed by atoms with Crippen molar-refractivity contribution in [2.24, 2.45) is 10.7 Å². The Morgan fingerprint density at radius 3 is 2.76 bits per heavy atom. The summed E-state index contributed by atoms with van der Waals surface area (Å²) in [7, 11) is 0. The van der Waals surface area contributed by atoms with Crippen LogP contribution in [0.4, 0.5) is 5.82 Å². The summed E-state index contributed by atoms with van der Waals surface area (Å²) < 4.78 is 0. The minimum absolute atomic E-state index is 0. The van der Waals surface area contributed by atoms with Crippen molar-refractivity contribution >= 4 is 35.8 Å². The van der Waals surface area contributed by atoms with Crippen LogP contribution in [0.15, 0.2) is 47.7 Å². The van der Waals surface area contributed by atoms with Crippen molar-refractivity contribution in [2.75, 3.05) is 24.5 Å². The van der Waals surface area contributed by atoms with Crippen molar-refractivity contribution in [1.29, 1.82) is 0 Å². The number of nitrogens with two attached hydrogens (primary N) is 1. The summed E-state index contributed by atoms with van der Waals surface area (Å²) in [5.41, 5.74) is 8.11. The monoisotopic (exact) mass is 452 g/mol. The van der Waals surface area contributed by atoms with Crippen LogP contribution in [-0.4, -0.2) is 35.6 Å². The van der Waals surface area contributed by atoms with Gasteiger partial charge in [0.1, 0.15) is 5.82 Å². The number of hydrogen-bond donors (Lipinski definition) is 2. The fourth-order valence-electron chi connectivity index (χ4n) is 2.78. The molecule has 3 N–H and O–H groups in total. The lowest BCUT2D eigenvalue weighted by molar-refractivity contribution is 0.827. The number of rotatable bonds is 6. The average molecular weight is 452 g/mol. The van der Waals surface area contributed by atoms with Gasteiger partial charge in [0.2, 0.25) is 0 Å². The average Bonchev–Trinajstić information content (AvgIpc) is 3.16. The van der Waals surface area contributed by atoms with Crippen LogP contribution in [0.2, 0.25) is 0 Å². The first-order valence-electron chi connectivity index (χ1n) is 8.45. The lowest BCUT2D eigenvalue weighted by Crippen LogP contribution is -2.33. The number of nitrogens with one attached hydrogen (secondary N) is 1. The molecule has 0 radical (unpaired) electrons. The number of anilines is 1. The van der Waals surface area contributed by atoms with E-state index in [4.69, 9.17) is 5.73 Å². The normalized spacial score (nSPS) is 14.2. The van der Waals surface area contributed by atoms with Crippen LogP contribution in [0.25, 0.3) is 0 Å². The predicted octanol–water partition coefficient (Wildman–Crippen LogP) is 2.34. The first kappa shape index (κ1) is 19.4. The largest absolute Gasteiger partial charge is 0.370 e. The fourth-order valence-corrected chi connectivity index (χ4v) is 2.78. The third kappa shape index (κ3) is 6.15. The molecule has 0 saturated carbocycles. The molecule has 1 fully saturated rings. The quantitative estimate of drug-likeness (QED) is 0.400. The molecule has 2 aromatic heterocycles. The molecular formula is C18H25IN6. The summed E-state index contributed by atoms with van der Waals surface area (Å²) in [6.45, 7) is 3.47. The molecule has 0 amide bonds. The Hall–Kier alpha value is -1.90.